The van der Waals surface area contributed by atoms with Crippen LogP contribution in [0.1, 0.15) is 22.3 Å². The van der Waals surface area contributed by atoms with Gasteiger partial charge in [0.1, 0.15) is 0 Å². The molecule has 1 atom stereocenters. The zero-order valence-electron chi connectivity index (χ0n) is 7.87. The number of rotatable bonds is 2. The van der Waals surface area contributed by atoms with Crippen molar-refractivity contribution in [2.75, 3.05) is 0 Å². The van der Waals surface area contributed by atoms with Crippen LogP contribution in [0, 0.1) is 5.92 Å². The molecule has 0 aliphatic heterocycles. The third kappa shape index (κ3) is 1.88. The van der Waals surface area contributed by atoms with Crippen molar-refractivity contribution in [2.24, 2.45) is 5.92 Å². The molecular weight excluding hydrogens is 216 g/mol. The Balaban J connectivity index is 2.29. The molecule has 0 fully saturated rings. The number of benzene rings is 1. The Morgan fingerprint density at radius 1 is 1.53 bits per heavy atom. The second kappa shape index (κ2) is 3.66. The van der Waals surface area contributed by atoms with Crippen LogP contribution in [-0.4, -0.2) is 16.9 Å². The van der Waals surface area contributed by atoms with Crippen molar-refractivity contribution in [3.63, 3.8) is 0 Å². The summed E-state index contributed by atoms with van der Waals surface area (Å²) in [6.07, 6.45) is 0.406. The molecule has 0 radical (unpaired) electrons. The fourth-order valence-corrected chi connectivity index (χ4v) is 2.08. The van der Waals surface area contributed by atoms with Crippen molar-refractivity contribution in [1.82, 2.24) is 0 Å². The second-order valence-electron chi connectivity index (χ2n) is 3.66. The summed E-state index contributed by atoms with van der Waals surface area (Å²) in [5.41, 5.74) is 1.48. The fourth-order valence-electron chi connectivity index (χ4n) is 1.91. The Bertz CT molecular complexity index is 439. The van der Waals surface area contributed by atoms with Crippen LogP contribution < -0.4 is 0 Å². The first-order chi connectivity index (χ1) is 7.08. The Morgan fingerprint density at radius 2 is 2.27 bits per heavy atom. The van der Waals surface area contributed by atoms with E-state index in [0.717, 1.165) is 5.56 Å². The van der Waals surface area contributed by atoms with Gasteiger partial charge in [0.2, 0.25) is 0 Å². The highest BCUT2D eigenvalue weighted by Gasteiger charge is 2.31. The van der Waals surface area contributed by atoms with Crippen LogP contribution in [0.25, 0.3) is 0 Å². The molecule has 0 saturated carbocycles. The first kappa shape index (κ1) is 10.2. The SMILES string of the molecule is O=C(O)CC1Cc2ccc(Cl)cc2C1=O. The maximum absolute atomic E-state index is 11.8. The van der Waals surface area contributed by atoms with Crippen LogP contribution in [0.3, 0.4) is 0 Å². The molecule has 2 rings (SSSR count). The van der Waals surface area contributed by atoms with E-state index in [-0.39, 0.29) is 12.2 Å². The van der Waals surface area contributed by atoms with Crippen molar-refractivity contribution in [1.29, 1.82) is 0 Å². The van der Waals surface area contributed by atoms with Crippen LogP contribution >= 0.6 is 11.6 Å². The molecule has 15 heavy (non-hydrogen) atoms. The number of Topliss-reactive ketones (excluding diaryl/α,β-unsaturated/α-hetero) is 1. The van der Waals surface area contributed by atoms with Gasteiger partial charge in [-0.3, -0.25) is 9.59 Å². The lowest BCUT2D eigenvalue weighted by Gasteiger charge is -2.01. The van der Waals surface area contributed by atoms with Crippen molar-refractivity contribution in [2.45, 2.75) is 12.8 Å². The minimum Gasteiger partial charge on any atom is -0.481 e. The normalized spacial score (nSPS) is 19.0. The van der Waals surface area contributed by atoms with Crippen LogP contribution in [0.2, 0.25) is 5.02 Å². The predicted octanol–water partition coefficient (Wildman–Crippen LogP) is 2.17. The van der Waals surface area contributed by atoms with Gasteiger partial charge in [-0.2, -0.15) is 0 Å². The number of fused-ring (bicyclic) bond motifs is 1. The van der Waals surface area contributed by atoms with E-state index in [9.17, 15) is 9.59 Å². The van der Waals surface area contributed by atoms with E-state index in [1.165, 1.54) is 0 Å². The van der Waals surface area contributed by atoms with Crippen molar-refractivity contribution < 1.29 is 14.7 Å². The molecule has 4 heteroatoms. The van der Waals surface area contributed by atoms with E-state index in [2.05, 4.69) is 0 Å². The zero-order chi connectivity index (χ0) is 11.0. The summed E-state index contributed by atoms with van der Waals surface area (Å²) in [5.74, 6) is -1.46. The van der Waals surface area contributed by atoms with Crippen LogP contribution in [-0.2, 0) is 11.2 Å². The molecule has 0 aromatic heterocycles. The molecule has 1 aliphatic carbocycles. The molecule has 1 unspecified atom stereocenters. The van der Waals surface area contributed by atoms with Crippen LogP contribution in [0.4, 0.5) is 0 Å². The van der Waals surface area contributed by atoms with Gasteiger partial charge in [-0.15, -0.1) is 0 Å². The Hall–Kier alpha value is -1.35. The zero-order valence-corrected chi connectivity index (χ0v) is 8.62. The second-order valence-corrected chi connectivity index (χ2v) is 4.10. The first-order valence-electron chi connectivity index (χ1n) is 4.62. The number of ketones is 1. The van der Waals surface area contributed by atoms with Gasteiger partial charge in [-0.05, 0) is 24.1 Å². The van der Waals surface area contributed by atoms with Gasteiger partial charge in [0.15, 0.2) is 5.78 Å². The highest BCUT2D eigenvalue weighted by atomic mass is 35.5. The van der Waals surface area contributed by atoms with Gasteiger partial charge < -0.3 is 5.11 Å². The maximum Gasteiger partial charge on any atom is 0.304 e. The van der Waals surface area contributed by atoms with Gasteiger partial charge in [0.05, 0.1) is 6.42 Å². The molecular formula is C11H9ClO3. The summed E-state index contributed by atoms with van der Waals surface area (Å²) in [5, 5.41) is 9.16. The van der Waals surface area contributed by atoms with Gasteiger partial charge in [0.25, 0.3) is 0 Å². The number of carbonyl (C=O) groups is 2. The standard InChI is InChI=1S/C11H9ClO3/c12-8-2-1-6-3-7(4-10(13)14)11(15)9(6)5-8/h1-2,5,7H,3-4H2,(H,13,14). The van der Waals surface area contributed by atoms with Crippen LogP contribution in [0.15, 0.2) is 18.2 Å². The lowest BCUT2D eigenvalue weighted by molar-refractivity contribution is -0.137. The number of hydrogen-bond donors (Lipinski definition) is 1. The largest absolute Gasteiger partial charge is 0.481 e. The summed E-state index contributed by atoms with van der Waals surface area (Å²) in [6.45, 7) is 0. The number of halogens is 1. The predicted molar refractivity (Wildman–Crippen MR) is 55.2 cm³/mol. The summed E-state index contributed by atoms with van der Waals surface area (Å²) < 4.78 is 0. The molecule has 3 nitrogen and oxygen atoms in total. The summed E-state index contributed by atoms with van der Waals surface area (Å²) in [7, 11) is 0. The quantitative estimate of drug-likeness (QED) is 0.838. The Kier molecular flexibility index (Phi) is 2.49. The topological polar surface area (TPSA) is 54.4 Å². The molecule has 0 spiro atoms. The maximum atomic E-state index is 11.8. The van der Waals surface area contributed by atoms with Gasteiger partial charge >= 0.3 is 5.97 Å². The molecule has 1 aromatic carbocycles. The third-order valence-electron chi connectivity index (χ3n) is 2.60. The average Bonchev–Trinajstić information content (AvgIpc) is 2.44. The molecule has 0 bridgehead atoms. The fraction of sp³-hybridized carbons (Fsp3) is 0.273. The lowest BCUT2D eigenvalue weighted by atomic mass is 10.0. The number of aliphatic carboxylic acids is 1. The summed E-state index contributed by atoms with van der Waals surface area (Å²) >= 11 is 5.77. The highest BCUT2D eigenvalue weighted by molar-refractivity contribution is 6.31. The van der Waals surface area contributed by atoms with Gasteiger partial charge in [0, 0.05) is 16.5 Å². The molecule has 0 saturated heterocycles. The van der Waals surface area contributed by atoms with Crippen molar-refractivity contribution in [3.8, 4) is 0 Å². The summed E-state index contributed by atoms with van der Waals surface area (Å²) in [4.78, 5) is 22.3. The minimum atomic E-state index is -0.938. The average molecular weight is 225 g/mol. The molecule has 1 aromatic rings. The van der Waals surface area contributed by atoms with E-state index in [1.54, 1.807) is 18.2 Å². The molecule has 0 heterocycles. The van der Waals surface area contributed by atoms with Crippen molar-refractivity contribution >= 4 is 23.4 Å². The number of hydrogen-bond acceptors (Lipinski definition) is 2. The number of carboxylic acids is 1. The first-order valence-corrected chi connectivity index (χ1v) is 5.00. The van der Waals surface area contributed by atoms with Gasteiger partial charge in [-0.1, -0.05) is 17.7 Å². The Morgan fingerprint density at radius 3 is 2.93 bits per heavy atom. The molecule has 1 aliphatic rings. The molecule has 0 amide bonds. The van der Waals surface area contributed by atoms with E-state index in [4.69, 9.17) is 16.7 Å². The molecule has 78 valence electrons. The van der Waals surface area contributed by atoms with Gasteiger partial charge in [-0.25, -0.2) is 0 Å². The van der Waals surface area contributed by atoms with E-state index in [0.29, 0.717) is 17.0 Å². The monoisotopic (exact) mass is 224 g/mol. The van der Waals surface area contributed by atoms with Crippen LogP contribution in [0.5, 0.6) is 0 Å². The van der Waals surface area contributed by atoms with Crippen molar-refractivity contribution in [3.05, 3.63) is 34.3 Å². The van der Waals surface area contributed by atoms with E-state index in [1.807, 2.05) is 0 Å². The number of carboxylic acid groups (broad SMARTS) is 1. The highest BCUT2D eigenvalue weighted by Crippen LogP contribution is 2.30. The number of carbonyl (C=O) groups excluding carboxylic acids is 1. The van der Waals surface area contributed by atoms with E-state index >= 15 is 0 Å². The lowest BCUT2D eigenvalue weighted by Crippen LogP contribution is -2.13. The minimum absolute atomic E-state index is 0.102. The summed E-state index contributed by atoms with van der Waals surface area (Å²) in [6, 6.07) is 5.12. The smallest absolute Gasteiger partial charge is 0.304 e. The van der Waals surface area contributed by atoms with E-state index < -0.39 is 11.9 Å². The molecule has 1 N–H and O–H groups in total. The third-order valence-corrected chi connectivity index (χ3v) is 2.83. The Labute approximate surface area is 91.7 Å².